The quantitative estimate of drug-likeness (QED) is 0.805. The maximum Gasteiger partial charge on any atom is 0.0406 e. The van der Waals surface area contributed by atoms with Crippen LogP contribution in [0.3, 0.4) is 0 Å². The molecular formula is C14H17ClN2. The molecule has 0 aliphatic heterocycles. The van der Waals surface area contributed by atoms with Crippen LogP contribution in [0.15, 0.2) is 42.6 Å². The second-order valence-electron chi connectivity index (χ2n) is 4.16. The summed E-state index contributed by atoms with van der Waals surface area (Å²) in [6.45, 7) is 1.89. The lowest BCUT2D eigenvalue weighted by Crippen LogP contribution is -2.18. The molecule has 2 nitrogen and oxygen atoms in total. The molecule has 2 rings (SSSR count). The van der Waals surface area contributed by atoms with Gasteiger partial charge in [0.05, 0.1) is 0 Å². The number of aromatic nitrogens is 1. The standard InChI is InChI=1S/C14H17ClN2/c1-17-10-2-3-14(17)11-16-9-8-12-4-6-13(15)7-5-12/h2-7,10,16H,8-9,11H2,1H3. The molecule has 0 unspecified atom stereocenters. The van der Waals surface area contributed by atoms with Gasteiger partial charge >= 0.3 is 0 Å². The van der Waals surface area contributed by atoms with Crippen molar-refractivity contribution in [3.8, 4) is 0 Å². The van der Waals surface area contributed by atoms with Crippen LogP contribution in [0.1, 0.15) is 11.3 Å². The fourth-order valence-corrected chi connectivity index (χ4v) is 1.91. The molecule has 0 aliphatic carbocycles. The van der Waals surface area contributed by atoms with Crippen molar-refractivity contribution in [1.82, 2.24) is 9.88 Å². The van der Waals surface area contributed by atoms with Gasteiger partial charge in [-0.1, -0.05) is 23.7 Å². The third-order valence-electron chi connectivity index (χ3n) is 2.86. The summed E-state index contributed by atoms with van der Waals surface area (Å²) in [5.41, 5.74) is 2.62. The van der Waals surface area contributed by atoms with Crippen LogP contribution in [0, 0.1) is 0 Å². The van der Waals surface area contributed by atoms with Crippen LogP contribution < -0.4 is 5.32 Å². The lowest BCUT2D eigenvalue weighted by molar-refractivity contribution is 0.653. The van der Waals surface area contributed by atoms with Crippen LogP contribution in [0.25, 0.3) is 0 Å². The van der Waals surface area contributed by atoms with Crippen LogP contribution in [-0.2, 0) is 20.0 Å². The first-order chi connectivity index (χ1) is 8.25. The maximum absolute atomic E-state index is 5.84. The van der Waals surface area contributed by atoms with E-state index in [-0.39, 0.29) is 0 Å². The lowest BCUT2D eigenvalue weighted by atomic mass is 10.1. The topological polar surface area (TPSA) is 17.0 Å². The Hall–Kier alpha value is -1.25. The number of benzene rings is 1. The van der Waals surface area contributed by atoms with Crippen molar-refractivity contribution < 1.29 is 0 Å². The number of nitrogens with one attached hydrogen (secondary N) is 1. The monoisotopic (exact) mass is 248 g/mol. The van der Waals surface area contributed by atoms with Gasteiger partial charge in [-0.2, -0.15) is 0 Å². The zero-order chi connectivity index (χ0) is 12.1. The normalized spacial score (nSPS) is 10.7. The Morgan fingerprint density at radius 2 is 1.94 bits per heavy atom. The van der Waals surface area contributed by atoms with E-state index in [1.807, 2.05) is 12.1 Å². The molecule has 2 aromatic rings. The molecule has 3 heteroatoms. The zero-order valence-corrected chi connectivity index (χ0v) is 10.7. The Balaban J connectivity index is 1.73. The summed E-state index contributed by atoms with van der Waals surface area (Å²) in [6.07, 6.45) is 3.10. The van der Waals surface area contributed by atoms with Crippen molar-refractivity contribution in [2.24, 2.45) is 7.05 Å². The molecule has 17 heavy (non-hydrogen) atoms. The summed E-state index contributed by atoms with van der Waals surface area (Å²) in [5, 5.41) is 4.23. The molecule has 1 N–H and O–H groups in total. The Kier molecular flexibility index (Phi) is 4.24. The summed E-state index contributed by atoms with van der Waals surface area (Å²) in [6, 6.07) is 12.2. The van der Waals surface area contributed by atoms with E-state index >= 15 is 0 Å². The average Bonchev–Trinajstić information content (AvgIpc) is 2.73. The molecule has 0 bridgehead atoms. The van der Waals surface area contributed by atoms with Crippen LogP contribution in [-0.4, -0.2) is 11.1 Å². The van der Waals surface area contributed by atoms with Crippen molar-refractivity contribution in [2.75, 3.05) is 6.54 Å². The first-order valence-corrected chi connectivity index (χ1v) is 6.19. The van der Waals surface area contributed by atoms with Crippen LogP contribution in [0.5, 0.6) is 0 Å². The van der Waals surface area contributed by atoms with Crippen molar-refractivity contribution in [1.29, 1.82) is 0 Å². The highest BCUT2D eigenvalue weighted by molar-refractivity contribution is 6.30. The van der Waals surface area contributed by atoms with Gasteiger partial charge in [-0.25, -0.2) is 0 Å². The molecular weight excluding hydrogens is 232 g/mol. The number of halogens is 1. The highest BCUT2D eigenvalue weighted by atomic mass is 35.5. The Bertz CT molecular complexity index is 459. The van der Waals surface area contributed by atoms with Crippen LogP contribution in [0.4, 0.5) is 0 Å². The third kappa shape index (κ3) is 3.62. The Morgan fingerprint density at radius 3 is 2.59 bits per heavy atom. The summed E-state index contributed by atoms with van der Waals surface area (Å²) in [4.78, 5) is 0. The second-order valence-corrected chi connectivity index (χ2v) is 4.60. The van der Waals surface area contributed by atoms with E-state index in [2.05, 4.69) is 47.4 Å². The largest absolute Gasteiger partial charge is 0.353 e. The van der Waals surface area contributed by atoms with E-state index in [1.54, 1.807) is 0 Å². The summed E-state index contributed by atoms with van der Waals surface area (Å²) in [7, 11) is 2.07. The smallest absolute Gasteiger partial charge is 0.0406 e. The predicted molar refractivity (Wildman–Crippen MR) is 72.3 cm³/mol. The molecule has 1 aromatic heterocycles. The van der Waals surface area contributed by atoms with Crippen LogP contribution in [0.2, 0.25) is 5.02 Å². The minimum atomic E-state index is 0.797. The summed E-state index contributed by atoms with van der Waals surface area (Å²) in [5.74, 6) is 0. The number of hydrogen-bond donors (Lipinski definition) is 1. The first kappa shape index (κ1) is 12.2. The molecule has 1 heterocycles. The van der Waals surface area contributed by atoms with E-state index in [1.165, 1.54) is 11.3 Å². The lowest BCUT2D eigenvalue weighted by Gasteiger charge is -2.06. The molecule has 0 amide bonds. The first-order valence-electron chi connectivity index (χ1n) is 5.81. The van der Waals surface area contributed by atoms with Gasteiger partial charge in [0.15, 0.2) is 0 Å². The minimum Gasteiger partial charge on any atom is -0.353 e. The number of aryl methyl sites for hydroxylation is 1. The van der Waals surface area contributed by atoms with Gasteiger partial charge in [0.1, 0.15) is 0 Å². The van der Waals surface area contributed by atoms with Crippen LogP contribution >= 0.6 is 11.6 Å². The van der Waals surface area contributed by atoms with Gasteiger partial charge in [0.25, 0.3) is 0 Å². The number of rotatable bonds is 5. The van der Waals surface area contributed by atoms with E-state index in [0.717, 1.165) is 24.5 Å². The van der Waals surface area contributed by atoms with Gasteiger partial charge in [-0.15, -0.1) is 0 Å². The minimum absolute atomic E-state index is 0.797. The summed E-state index contributed by atoms with van der Waals surface area (Å²) < 4.78 is 2.13. The third-order valence-corrected chi connectivity index (χ3v) is 3.11. The van der Waals surface area contributed by atoms with E-state index in [4.69, 9.17) is 11.6 Å². The molecule has 0 radical (unpaired) electrons. The van der Waals surface area contributed by atoms with Gasteiger partial charge in [-0.05, 0) is 42.8 Å². The zero-order valence-electron chi connectivity index (χ0n) is 9.99. The molecule has 0 atom stereocenters. The molecule has 0 aliphatic rings. The maximum atomic E-state index is 5.84. The second kappa shape index (κ2) is 5.89. The van der Waals surface area contributed by atoms with Crippen molar-refractivity contribution in [2.45, 2.75) is 13.0 Å². The molecule has 0 saturated carbocycles. The fourth-order valence-electron chi connectivity index (χ4n) is 1.78. The highest BCUT2D eigenvalue weighted by Crippen LogP contribution is 2.09. The van der Waals surface area contributed by atoms with Crippen molar-refractivity contribution in [3.63, 3.8) is 0 Å². The Labute approximate surface area is 107 Å². The molecule has 90 valence electrons. The van der Waals surface area contributed by atoms with Gasteiger partial charge in [0, 0.05) is 30.5 Å². The molecule has 0 fully saturated rings. The van der Waals surface area contributed by atoms with E-state index < -0.39 is 0 Å². The van der Waals surface area contributed by atoms with Crippen molar-refractivity contribution in [3.05, 3.63) is 58.9 Å². The van der Waals surface area contributed by atoms with Gasteiger partial charge < -0.3 is 9.88 Å². The summed E-state index contributed by atoms with van der Waals surface area (Å²) >= 11 is 5.84. The van der Waals surface area contributed by atoms with Gasteiger partial charge in [0.2, 0.25) is 0 Å². The average molecular weight is 249 g/mol. The van der Waals surface area contributed by atoms with E-state index in [0.29, 0.717) is 0 Å². The molecule has 1 aromatic carbocycles. The van der Waals surface area contributed by atoms with E-state index in [9.17, 15) is 0 Å². The predicted octanol–water partition coefficient (Wildman–Crippen LogP) is 3.01. The molecule has 0 spiro atoms. The SMILES string of the molecule is Cn1cccc1CNCCc1ccc(Cl)cc1. The van der Waals surface area contributed by atoms with Crippen molar-refractivity contribution >= 4 is 11.6 Å². The number of nitrogens with zero attached hydrogens (tertiary/aromatic N) is 1. The Morgan fingerprint density at radius 1 is 1.18 bits per heavy atom. The molecule has 0 saturated heterocycles. The van der Waals surface area contributed by atoms with Gasteiger partial charge in [-0.3, -0.25) is 0 Å². The number of hydrogen-bond acceptors (Lipinski definition) is 1. The highest BCUT2D eigenvalue weighted by Gasteiger charge is 1.97. The fraction of sp³-hybridized carbons (Fsp3) is 0.286.